The summed E-state index contributed by atoms with van der Waals surface area (Å²) in [7, 11) is 1.69. The second-order valence-electron chi connectivity index (χ2n) is 15.3. The van der Waals surface area contributed by atoms with E-state index in [4.69, 9.17) is 16.2 Å². The van der Waals surface area contributed by atoms with Crippen molar-refractivity contribution in [3.05, 3.63) is 0 Å². The van der Waals surface area contributed by atoms with Crippen molar-refractivity contribution in [2.75, 3.05) is 46.4 Å². The number of likely N-dealkylation sites (N-methyl/N-ethyl adjacent to an activating group) is 1. The van der Waals surface area contributed by atoms with Gasteiger partial charge < -0.3 is 42.4 Å². The van der Waals surface area contributed by atoms with Gasteiger partial charge >= 0.3 is 0 Å². The van der Waals surface area contributed by atoms with Crippen molar-refractivity contribution >= 4 is 29.5 Å². The normalized spacial score (nSPS) is 27.3. The number of hydrogen-bond donors (Lipinski definition) is 6. The summed E-state index contributed by atoms with van der Waals surface area (Å²) in [6.07, 6.45) is 10.5. The molecule has 0 bridgehead atoms. The van der Waals surface area contributed by atoms with Crippen LogP contribution in [0.5, 0.6) is 0 Å². The van der Waals surface area contributed by atoms with Gasteiger partial charge in [-0.1, -0.05) is 72.6 Å². The number of carbonyl (C=O) groups is 5. The summed E-state index contributed by atoms with van der Waals surface area (Å²) in [5.41, 5.74) is 11.7. The minimum absolute atomic E-state index is 0.0899. The number of carbonyl (C=O) groups excluding carboxylic acids is 5. The molecule has 0 spiro atoms. The van der Waals surface area contributed by atoms with Crippen molar-refractivity contribution in [1.82, 2.24) is 31.1 Å². The fourth-order valence-corrected chi connectivity index (χ4v) is 7.24. The highest BCUT2D eigenvalue weighted by Crippen LogP contribution is 2.27. The molecule has 14 nitrogen and oxygen atoms in total. The third-order valence-electron chi connectivity index (χ3n) is 10.3. The lowest BCUT2D eigenvalue weighted by Gasteiger charge is -2.38. The fraction of sp³-hybridized carbons (Fsp3) is 0.868. The molecule has 1 unspecified atom stereocenters. The standard InChI is InChI=1S/C38H72N8O6/c1-7-9-18-31-38(51)45(6)32(22-26(3)4)36(49)44-33(28-16-13-11-12-14-17-28)37(50)42-29(23-40)34(47)43-30(25-52-21-15-19-39)35(48)41-27(5)24-46(31)20-10-8-2/h26-33H,7-25,39-40H2,1-6H3,(H,41,48)(H,42,50)(H,43,47)(H,44,49)/t27-,29+,30+,31+,32+,33?/m1/s1. The van der Waals surface area contributed by atoms with E-state index in [9.17, 15) is 24.0 Å². The van der Waals surface area contributed by atoms with Gasteiger partial charge in [0.1, 0.15) is 24.2 Å². The number of ether oxygens (including phenoxy) is 1. The summed E-state index contributed by atoms with van der Waals surface area (Å²) >= 11 is 0. The molecule has 52 heavy (non-hydrogen) atoms. The summed E-state index contributed by atoms with van der Waals surface area (Å²) in [4.78, 5) is 74.3. The first-order valence-electron chi connectivity index (χ1n) is 20.1. The Morgan fingerprint density at radius 2 is 1.42 bits per heavy atom. The smallest absolute Gasteiger partial charge is 0.245 e. The van der Waals surface area contributed by atoms with Crippen LogP contribution in [0.3, 0.4) is 0 Å². The molecule has 1 heterocycles. The van der Waals surface area contributed by atoms with Crippen LogP contribution in [0.2, 0.25) is 0 Å². The van der Waals surface area contributed by atoms with Gasteiger partial charge in [-0.3, -0.25) is 28.9 Å². The molecule has 0 radical (unpaired) electrons. The highest BCUT2D eigenvalue weighted by molar-refractivity contribution is 5.96. The number of nitrogens with one attached hydrogen (secondary N) is 4. The van der Waals surface area contributed by atoms with Gasteiger partial charge in [-0.05, 0) is 70.4 Å². The van der Waals surface area contributed by atoms with E-state index in [-0.39, 0.29) is 36.8 Å². The van der Waals surface area contributed by atoms with Gasteiger partial charge in [0, 0.05) is 32.8 Å². The van der Waals surface area contributed by atoms with E-state index >= 15 is 0 Å². The lowest BCUT2D eigenvalue weighted by atomic mass is 9.90. The topological polar surface area (TPSA) is 201 Å². The summed E-state index contributed by atoms with van der Waals surface area (Å²) in [5, 5.41) is 11.7. The van der Waals surface area contributed by atoms with Crippen LogP contribution >= 0.6 is 0 Å². The Morgan fingerprint density at radius 3 is 2.02 bits per heavy atom. The van der Waals surface area contributed by atoms with Gasteiger partial charge in [-0.15, -0.1) is 0 Å². The molecule has 2 aliphatic rings. The first-order valence-corrected chi connectivity index (χ1v) is 20.1. The Labute approximate surface area is 313 Å². The zero-order chi connectivity index (χ0) is 38.6. The predicted molar refractivity (Wildman–Crippen MR) is 204 cm³/mol. The lowest BCUT2D eigenvalue weighted by molar-refractivity contribution is -0.145. The molecular formula is C38H72N8O6. The molecule has 1 aliphatic heterocycles. The monoisotopic (exact) mass is 737 g/mol. The number of nitrogens with two attached hydrogens (primary N) is 2. The molecule has 1 saturated carbocycles. The average Bonchev–Trinajstić information content (AvgIpc) is 3.40. The number of amides is 5. The van der Waals surface area contributed by atoms with Crippen molar-refractivity contribution in [2.45, 2.75) is 154 Å². The summed E-state index contributed by atoms with van der Waals surface area (Å²) < 4.78 is 5.73. The fourth-order valence-electron chi connectivity index (χ4n) is 7.24. The Hall–Kier alpha value is -2.81. The molecule has 8 N–H and O–H groups in total. The first kappa shape index (κ1) is 45.3. The number of hydrogen-bond acceptors (Lipinski definition) is 9. The molecule has 0 aromatic rings. The van der Waals surface area contributed by atoms with E-state index in [1.807, 2.05) is 20.8 Å². The van der Waals surface area contributed by atoms with Crippen LogP contribution in [0.4, 0.5) is 0 Å². The van der Waals surface area contributed by atoms with Crippen LogP contribution in [-0.4, -0.2) is 122 Å². The summed E-state index contributed by atoms with van der Waals surface area (Å²) in [5.74, 6) is -2.17. The number of nitrogens with zero attached hydrogens (tertiary/aromatic N) is 2. The minimum atomic E-state index is -1.16. The maximum Gasteiger partial charge on any atom is 0.245 e. The lowest BCUT2D eigenvalue weighted by Crippen LogP contribution is -2.63. The predicted octanol–water partition coefficient (Wildman–Crippen LogP) is 1.79. The summed E-state index contributed by atoms with van der Waals surface area (Å²) in [6.45, 7) is 11.5. The molecule has 1 saturated heterocycles. The van der Waals surface area contributed by atoms with Crippen LogP contribution in [0, 0.1) is 11.8 Å². The number of unbranched alkanes of at least 4 members (excludes halogenated alkanes) is 2. The van der Waals surface area contributed by atoms with Crippen molar-refractivity contribution < 1.29 is 28.7 Å². The van der Waals surface area contributed by atoms with E-state index < -0.39 is 54.0 Å². The maximum atomic E-state index is 14.6. The SMILES string of the molecule is CCCC[C@H]1C(=O)N(C)[C@@H](CC(C)C)C(=O)NC(C2CCCCCC2)C(=O)N[C@@H](CN)C(=O)N[C@@H](COCCCN)C(=O)N[C@H](C)CN1CCCC. The molecule has 0 aromatic heterocycles. The second-order valence-corrected chi connectivity index (χ2v) is 15.3. The van der Waals surface area contributed by atoms with Crippen LogP contribution in [-0.2, 0) is 28.7 Å². The molecule has 14 heteroatoms. The largest absolute Gasteiger partial charge is 0.379 e. The minimum Gasteiger partial charge on any atom is -0.379 e. The van der Waals surface area contributed by atoms with E-state index in [0.717, 1.165) is 64.2 Å². The second kappa shape index (κ2) is 24.5. The molecule has 1 aliphatic carbocycles. The van der Waals surface area contributed by atoms with Gasteiger partial charge in [0.15, 0.2) is 0 Å². The van der Waals surface area contributed by atoms with Crippen molar-refractivity contribution in [3.63, 3.8) is 0 Å². The van der Waals surface area contributed by atoms with Crippen molar-refractivity contribution in [1.29, 1.82) is 0 Å². The van der Waals surface area contributed by atoms with E-state index in [2.05, 4.69) is 40.0 Å². The quantitative estimate of drug-likeness (QED) is 0.107. The van der Waals surface area contributed by atoms with E-state index in [0.29, 0.717) is 45.5 Å². The zero-order valence-corrected chi connectivity index (χ0v) is 33.1. The maximum absolute atomic E-state index is 14.6. The average molecular weight is 737 g/mol. The Kier molecular flexibility index (Phi) is 21.4. The first-order chi connectivity index (χ1) is 24.9. The highest BCUT2D eigenvalue weighted by Gasteiger charge is 2.39. The van der Waals surface area contributed by atoms with Gasteiger partial charge in [0.05, 0.1) is 12.6 Å². The summed E-state index contributed by atoms with van der Waals surface area (Å²) in [6, 6.07) is -4.88. The van der Waals surface area contributed by atoms with Gasteiger partial charge in [0.25, 0.3) is 0 Å². The Balaban J connectivity index is 2.66. The van der Waals surface area contributed by atoms with Crippen LogP contribution in [0.1, 0.15) is 118 Å². The third-order valence-corrected chi connectivity index (χ3v) is 10.3. The molecule has 5 amide bonds. The van der Waals surface area contributed by atoms with Gasteiger partial charge in [-0.2, -0.15) is 0 Å². The van der Waals surface area contributed by atoms with Crippen molar-refractivity contribution in [3.8, 4) is 0 Å². The highest BCUT2D eigenvalue weighted by atomic mass is 16.5. The van der Waals surface area contributed by atoms with Gasteiger partial charge in [-0.25, -0.2) is 0 Å². The van der Waals surface area contributed by atoms with Gasteiger partial charge in [0.2, 0.25) is 29.5 Å². The number of rotatable bonds is 15. The zero-order valence-electron chi connectivity index (χ0n) is 33.1. The van der Waals surface area contributed by atoms with Crippen LogP contribution in [0.15, 0.2) is 0 Å². The molecule has 0 aromatic carbocycles. The van der Waals surface area contributed by atoms with Crippen molar-refractivity contribution in [2.24, 2.45) is 23.3 Å². The third kappa shape index (κ3) is 14.9. The Bertz CT molecular complexity index is 1100. The molecule has 2 rings (SSSR count). The molecule has 300 valence electrons. The van der Waals surface area contributed by atoms with Crippen LogP contribution in [0.25, 0.3) is 0 Å². The van der Waals surface area contributed by atoms with E-state index in [1.165, 1.54) is 0 Å². The van der Waals surface area contributed by atoms with Crippen LogP contribution < -0.4 is 32.7 Å². The van der Waals surface area contributed by atoms with E-state index in [1.54, 1.807) is 11.9 Å². The molecule has 6 atom stereocenters. The Morgan fingerprint density at radius 1 is 0.788 bits per heavy atom. The molecular weight excluding hydrogens is 664 g/mol. The molecule has 2 fully saturated rings.